The number of piperidine rings is 1. The van der Waals surface area contributed by atoms with Crippen LogP contribution < -0.4 is 10.2 Å². The van der Waals surface area contributed by atoms with E-state index in [2.05, 4.69) is 22.1 Å². The Kier molecular flexibility index (Phi) is 4.91. The number of anilines is 1. The summed E-state index contributed by atoms with van der Waals surface area (Å²) in [6.07, 6.45) is 4.14. The molecular weight excluding hydrogens is 286 g/mol. The average Bonchev–Trinajstić information content (AvgIpc) is 2.61. The molecule has 3 rings (SSSR count). The van der Waals surface area contributed by atoms with Gasteiger partial charge in [0.25, 0.3) is 5.91 Å². The monoisotopic (exact) mass is 309 g/mol. The smallest absolute Gasteiger partial charge is 0.270 e. The molecule has 4 heteroatoms. The van der Waals surface area contributed by atoms with Gasteiger partial charge in [0.1, 0.15) is 5.69 Å². The number of amides is 1. The molecule has 120 valence electrons. The highest BCUT2D eigenvalue weighted by Gasteiger charge is 2.17. The number of pyridine rings is 1. The van der Waals surface area contributed by atoms with Crippen LogP contribution in [0.5, 0.6) is 0 Å². The molecule has 0 unspecified atom stereocenters. The minimum atomic E-state index is -0.124. The van der Waals surface area contributed by atoms with Gasteiger partial charge >= 0.3 is 0 Å². The van der Waals surface area contributed by atoms with Crippen LogP contribution in [0, 0.1) is 5.92 Å². The summed E-state index contributed by atoms with van der Waals surface area (Å²) < 4.78 is 0. The van der Waals surface area contributed by atoms with Gasteiger partial charge in [0.05, 0.1) is 0 Å². The number of carbonyl (C=O) groups is 1. The number of hydrogen-bond acceptors (Lipinski definition) is 3. The van der Waals surface area contributed by atoms with E-state index in [1.807, 2.05) is 42.5 Å². The molecule has 0 aliphatic carbocycles. The van der Waals surface area contributed by atoms with E-state index in [-0.39, 0.29) is 5.91 Å². The first-order chi connectivity index (χ1) is 11.2. The quantitative estimate of drug-likeness (QED) is 0.943. The first-order valence-electron chi connectivity index (χ1n) is 8.25. The highest BCUT2D eigenvalue weighted by Crippen LogP contribution is 2.22. The van der Waals surface area contributed by atoms with Crippen LogP contribution in [0.4, 0.5) is 5.69 Å². The van der Waals surface area contributed by atoms with Gasteiger partial charge in [-0.15, -0.1) is 0 Å². The molecule has 0 atom stereocenters. The van der Waals surface area contributed by atoms with E-state index in [0.717, 1.165) is 30.3 Å². The van der Waals surface area contributed by atoms with Gasteiger partial charge in [0, 0.05) is 31.5 Å². The molecule has 1 saturated heterocycles. The molecule has 1 aliphatic heterocycles. The molecule has 0 spiro atoms. The van der Waals surface area contributed by atoms with Crippen molar-refractivity contribution in [2.75, 3.05) is 18.0 Å². The van der Waals surface area contributed by atoms with Crippen molar-refractivity contribution in [3.63, 3.8) is 0 Å². The lowest BCUT2D eigenvalue weighted by Crippen LogP contribution is -2.33. The third kappa shape index (κ3) is 4.09. The maximum absolute atomic E-state index is 12.3. The number of rotatable bonds is 4. The molecule has 1 aliphatic rings. The molecule has 1 amide bonds. The first-order valence-corrected chi connectivity index (χ1v) is 8.25. The third-order valence-electron chi connectivity index (χ3n) is 4.42. The van der Waals surface area contributed by atoms with Crippen LogP contribution in [0.1, 0.15) is 35.8 Å². The van der Waals surface area contributed by atoms with Crippen LogP contribution >= 0.6 is 0 Å². The summed E-state index contributed by atoms with van der Waals surface area (Å²) >= 11 is 0. The highest BCUT2D eigenvalue weighted by atomic mass is 16.1. The summed E-state index contributed by atoms with van der Waals surface area (Å²) in [7, 11) is 0. The molecule has 1 N–H and O–H groups in total. The fourth-order valence-corrected chi connectivity index (χ4v) is 2.88. The van der Waals surface area contributed by atoms with Crippen molar-refractivity contribution >= 4 is 11.6 Å². The van der Waals surface area contributed by atoms with Crippen LogP contribution in [-0.4, -0.2) is 24.0 Å². The topological polar surface area (TPSA) is 45.2 Å². The molecule has 2 heterocycles. The molecule has 1 fully saturated rings. The van der Waals surface area contributed by atoms with E-state index < -0.39 is 0 Å². The first kappa shape index (κ1) is 15.5. The summed E-state index contributed by atoms with van der Waals surface area (Å²) in [4.78, 5) is 18.9. The molecule has 1 aromatic carbocycles. The molecule has 23 heavy (non-hydrogen) atoms. The van der Waals surface area contributed by atoms with Crippen LogP contribution in [0.3, 0.4) is 0 Å². The third-order valence-corrected chi connectivity index (χ3v) is 4.42. The van der Waals surface area contributed by atoms with E-state index in [9.17, 15) is 4.79 Å². The predicted octanol–water partition coefficient (Wildman–Crippen LogP) is 3.25. The van der Waals surface area contributed by atoms with Crippen molar-refractivity contribution in [2.24, 2.45) is 5.92 Å². The summed E-state index contributed by atoms with van der Waals surface area (Å²) in [5.41, 5.74) is 2.66. The molecule has 0 bridgehead atoms. The maximum atomic E-state index is 12.3. The zero-order valence-corrected chi connectivity index (χ0v) is 13.5. The highest BCUT2D eigenvalue weighted by molar-refractivity contribution is 5.93. The molecule has 2 aromatic rings. The minimum absolute atomic E-state index is 0.124. The Bertz CT molecular complexity index is 649. The Morgan fingerprint density at radius 1 is 1.22 bits per heavy atom. The Hall–Kier alpha value is -2.36. The van der Waals surface area contributed by atoms with Crippen LogP contribution in [0.25, 0.3) is 0 Å². The van der Waals surface area contributed by atoms with Gasteiger partial charge in [-0.3, -0.25) is 9.78 Å². The van der Waals surface area contributed by atoms with Crippen molar-refractivity contribution in [1.29, 1.82) is 0 Å². The Morgan fingerprint density at radius 3 is 2.70 bits per heavy atom. The Balaban J connectivity index is 1.63. The van der Waals surface area contributed by atoms with Crippen molar-refractivity contribution in [2.45, 2.75) is 26.3 Å². The van der Waals surface area contributed by atoms with Gasteiger partial charge < -0.3 is 10.2 Å². The second-order valence-corrected chi connectivity index (χ2v) is 6.24. The minimum Gasteiger partial charge on any atom is -0.371 e. The van der Waals surface area contributed by atoms with E-state index in [4.69, 9.17) is 0 Å². The van der Waals surface area contributed by atoms with Crippen LogP contribution in [0.15, 0.2) is 48.7 Å². The SMILES string of the molecule is CC1CCN(c2ccnc(C(=O)NCc3ccccc3)c2)CC1. The summed E-state index contributed by atoms with van der Waals surface area (Å²) in [6, 6.07) is 13.8. The Morgan fingerprint density at radius 2 is 1.96 bits per heavy atom. The molecule has 4 nitrogen and oxygen atoms in total. The van der Waals surface area contributed by atoms with Crippen LogP contribution in [-0.2, 0) is 6.54 Å². The van der Waals surface area contributed by atoms with E-state index >= 15 is 0 Å². The van der Waals surface area contributed by atoms with Gasteiger partial charge in [-0.25, -0.2) is 0 Å². The fourth-order valence-electron chi connectivity index (χ4n) is 2.88. The van der Waals surface area contributed by atoms with Gasteiger partial charge in [0.15, 0.2) is 0 Å². The predicted molar refractivity (Wildman–Crippen MR) is 92.5 cm³/mol. The lowest BCUT2D eigenvalue weighted by Gasteiger charge is -2.32. The van der Waals surface area contributed by atoms with Crippen molar-refractivity contribution < 1.29 is 4.79 Å². The summed E-state index contributed by atoms with van der Waals surface area (Å²) in [5, 5.41) is 2.93. The molecule has 0 radical (unpaired) electrons. The number of benzene rings is 1. The standard InChI is InChI=1S/C19H23N3O/c1-15-8-11-22(12-9-15)17-7-10-20-18(13-17)19(23)21-14-16-5-3-2-4-6-16/h2-7,10,13,15H,8-9,11-12,14H2,1H3,(H,21,23). The molecule has 1 aromatic heterocycles. The van der Waals surface area contributed by atoms with E-state index in [0.29, 0.717) is 12.2 Å². The average molecular weight is 309 g/mol. The zero-order chi connectivity index (χ0) is 16.1. The number of hydrogen-bond donors (Lipinski definition) is 1. The Labute approximate surface area is 137 Å². The van der Waals surface area contributed by atoms with Gasteiger partial charge in [-0.2, -0.15) is 0 Å². The van der Waals surface area contributed by atoms with E-state index in [1.165, 1.54) is 12.8 Å². The van der Waals surface area contributed by atoms with Crippen LogP contribution in [0.2, 0.25) is 0 Å². The summed E-state index contributed by atoms with van der Waals surface area (Å²) in [6.45, 7) is 4.92. The lowest BCUT2D eigenvalue weighted by atomic mass is 9.99. The van der Waals surface area contributed by atoms with E-state index in [1.54, 1.807) is 6.20 Å². The van der Waals surface area contributed by atoms with Crippen molar-refractivity contribution in [3.05, 3.63) is 59.9 Å². The second-order valence-electron chi connectivity index (χ2n) is 6.24. The number of carbonyl (C=O) groups excluding carboxylic acids is 1. The van der Waals surface area contributed by atoms with Gasteiger partial charge in [0.2, 0.25) is 0 Å². The van der Waals surface area contributed by atoms with Crippen molar-refractivity contribution in [3.8, 4) is 0 Å². The number of aromatic nitrogens is 1. The maximum Gasteiger partial charge on any atom is 0.270 e. The van der Waals surface area contributed by atoms with Crippen molar-refractivity contribution in [1.82, 2.24) is 10.3 Å². The summed E-state index contributed by atoms with van der Waals surface area (Å²) in [5.74, 6) is 0.669. The normalized spacial score (nSPS) is 15.4. The lowest BCUT2D eigenvalue weighted by molar-refractivity contribution is 0.0946. The zero-order valence-electron chi connectivity index (χ0n) is 13.5. The fraction of sp³-hybridized carbons (Fsp3) is 0.368. The largest absolute Gasteiger partial charge is 0.371 e. The number of nitrogens with zero attached hydrogens (tertiary/aromatic N) is 2. The number of nitrogens with one attached hydrogen (secondary N) is 1. The van der Waals surface area contributed by atoms with Gasteiger partial charge in [-0.1, -0.05) is 37.3 Å². The second kappa shape index (κ2) is 7.27. The molecular formula is C19H23N3O. The molecule has 0 saturated carbocycles. The van der Waals surface area contributed by atoms with Gasteiger partial charge in [-0.05, 0) is 36.5 Å².